The van der Waals surface area contributed by atoms with E-state index in [1.165, 1.54) is 6.07 Å². The number of benzene rings is 1. The summed E-state index contributed by atoms with van der Waals surface area (Å²) in [5.74, 6) is 0. The summed E-state index contributed by atoms with van der Waals surface area (Å²) in [6.07, 6.45) is -3.28. The molecule has 0 heterocycles. The van der Waals surface area contributed by atoms with Gasteiger partial charge in [0, 0.05) is 28.2 Å². The Morgan fingerprint density at radius 2 is 2.05 bits per heavy atom. The predicted octanol–water partition coefficient (Wildman–Crippen LogP) is 5.08. The van der Waals surface area contributed by atoms with E-state index >= 15 is 0 Å². The molecule has 1 aliphatic carbocycles. The molecular formula is C15H19BrF3NO. The maximum absolute atomic E-state index is 12.6. The zero-order valence-corrected chi connectivity index (χ0v) is 13.8. The van der Waals surface area contributed by atoms with E-state index in [0.717, 1.165) is 18.6 Å². The van der Waals surface area contributed by atoms with Crippen LogP contribution in [0.2, 0.25) is 0 Å². The maximum atomic E-state index is 12.6. The Hall–Kier alpha value is -0.750. The lowest BCUT2D eigenvalue weighted by Gasteiger charge is -2.52. The second-order valence-electron chi connectivity index (χ2n) is 5.89. The smallest absolute Gasteiger partial charge is 0.381 e. The Balaban J connectivity index is 2.08. The van der Waals surface area contributed by atoms with Crippen LogP contribution in [0.3, 0.4) is 0 Å². The monoisotopic (exact) mass is 365 g/mol. The minimum Gasteiger partial charge on any atom is -0.381 e. The van der Waals surface area contributed by atoms with Gasteiger partial charge in [-0.05, 0) is 47.5 Å². The lowest BCUT2D eigenvalue weighted by Crippen LogP contribution is -2.58. The highest BCUT2D eigenvalue weighted by Gasteiger charge is 2.49. The molecule has 1 saturated carbocycles. The summed E-state index contributed by atoms with van der Waals surface area (Å²) < 4.78 is 44.0. The summed E-state index contributed by atoms with van der Waals surface area (Å²) in [5.41, 5.74) is -0.0194. The third kappa shape index (κ3) is 3.37. The van der Waals surface area contributed by atoms with Gasteiger partial charge in [0.05, 0.1) is 11.7 Å². The van der Waals surface area contributed by atoms with Crippen LogP contribution in [0.4, 0.5) is 18.9 Å². The van der Waals surface area contributed by atoms with E-state index < -0.39 is 11.7 Å². The maximum Gasteiger partial charge on any atom is 0.416 e. The summed E-state index contributed by atoms with van der Waals surface area (Å²) >= 11 is 3.21. The highest BCUT2D eigenvalue weighted by atomic mass is 79.9. The molecule has 1 aliphatic rings. The fourth-order valence-corrected chi connectivity index (χ4v) is 3.10. The van der Waals surface area contributed by atoms with Crippen molar-refractivity contribution in [2.45, 2.75) is 45.5 Å². The Kier molecular flexibility index (Phi) is 4.59. The van der Waals surface area contributed by atoms with E-state index in [1.54, 1.807) is 0 Å². The van der Waals surface area contributed by atoms with Crippen molar-refractivity contribution in [1.29, 1.82) is 0 Å². The van der Waals surface area contributed by atoms with Crippen molar-refractivity contribution in [3.63, 3.8) is 0 Å². The first-order valence-electron chi connectivity index (χ1n) is 6.91. The van der Waals surface area contributed by atoms with Gasteiger partial charge in [-0.2, -0.15) is 13.2 Å². The van der Waals surface area contributed by atoms with Gasteiger partial charge in [-0.15, -0.1) is 0 Å². The standard InChI is InChI=1S/C15H19BrF3NO/c1-4-21-13-8-12(14(13,2)3)20-11-6-5-9(7-10(11)16)15(17,18)19/h5-7,12-13,20H,4,8H2,1-3H3. The average molecular weight is 366 g/mol. The van der Waals surface area contributed by atoms with Gasteiger partial charge in [0.1, 0.15) is 0 Å². The molecule has 2 atom stereocenters. The molecule has 6 heteroatoms. The zero-order valence-electron chi connectivity index (χ0n) is 12.2. The van der Waals surface area contributed by atoms with Crippen LogP contribution in [0.1, 0.15) is 32.8 Å². The lowest BCUT2D eigenvalue weighted by molar-refractivity contribution is -0.137. The first kappa shape index (κ1) is 16.6. The molecule has 1 aromatic carbocycles. The van der Waals surface area contributed by atoms with E-state index in [1.807, 2.05) is 6.92 Å². The van der Waals surface area contributed by atoms with E-state index in [4.69, 9.17) is 4.74 Å². The Morgan fingerprint density at radius 1 is 1.38 bits per heavy atom. The average Bonchev–Trinajstić information content (AvgIpc) is 2.38. The quantitative estimate of drug-likeness (QED) is 0.802. The molecule has 0 bridgehead atoms. The van der Waals surface area contributed by atoms with Crippen LogP contribution >= 0.6 is 15.9 Å². The van der Waals surface area contributed by atoms with Crippen LogP contribution < -0.4 is 5.32 Å². The van der Waals surface area contributed by atoms with Gasteiger partial charge in [0.2, 0.25) is 0 Å². The fraction of sp³-hybridized carbons (Fsp3) is 0.600. The summed E-state index contributed by atoms with van der Waals surface area (Å²) in [7, 11) is 0. The Labute approximate surface area is 131 Å². The van der Waals surface area contributed by atoms with Crippen LogP contribution in [0.15, 0.2) is 22.7 Å². The van der Waals surface area contributed by atoms with Crippen LogP contribution in [-0.2, 0) is 10.9 Å². The molecule has 1 aromatic rings. The summed E-state index contributed by atoms with van der Waals surface area (Å²) in [4.78, 5) is 0. The van der Waals surface area contributed by atoms with Crippen molar-refractivity contribution in [2.75, 3.05) is 11.9 Å². The number of ether oxygens (including phenoxy) is 1. The van der Waals surface area contributed by atoms with Gasteiger partial charge in [-0.25, -0.2) is 0 Å². The topological polar surface area (TPSA) is 21.3 Å². The highest BCUT2D eigenvalue weighted by molar-refractivity contribution is 9.10. The van der Waals surface area contributed by atoms with Gasteiger partial charge in [-0.3, -0.25) is 0 Å². The number of anilines is 1. The van der Waals surface area contributed by atoms with Gasteiger partial charge >= 0.3 is 6.18 Å². The number of hydrogen-bond donors (Lipinski definition) is 1. The van der Waals surface area contributed by atoms with Gasteiger partial charge in [0.15, 0.2) is 0 Å². The molecule has 118 valence electrons. The van der Waals surface area contributed by atoms with Crippen molar-refractivity contribution in [2.24, 2.45) is 5.41 Å². The molecule has 0 spiro atoms. The lowest BCUT2D eigenvalue weighted by atomic mass is 9.64. The molecule has 21 heavy (non-hydrogen) atoms. The molecular weight excluding hydrogens is 347 g/mol. The largest absolute Gasteiger partial charge is 0.416 e. The van der Waals surface area contributed by atoms with E-state index in [0.29, 0.717) is 16.8 Å². The second-order valence-corrected chi connectivity index (χ2v) is 6.74. The van der Waals surface area contributed by atoms with Crippen molar-refractivity contribution in [3.8, 4) is 0 Å². The molecule has 0 amide bonds. The molecule has 0 aromatic heterocycles. The number of nitrogens with one attached hydrogen (secondary N) is 1. The minimum atomic E-state index is -4.32. The molecule has 0 radical (unpaired) electrons. The Bertz CT molecular complexity index is 516. The predicted molar refractivity (Wildman–Crippen MR) is 80.4 cm³/mol. The molecule has 0 saturated heterocycles. The van der Waals surface area contributed by atoms with Gasteiger partial charge in [-0.1, -0.05) is 13.8 Å². The van der Waals surface area contributed by atoms with E-state index in [2.05, 4.69) is 35.1 Å². The molecule has 1 fully saturated rings. The van der Waals surface area contributed by atoms with Gasteiger partial charge in [0.25, 0.3) is 0 Å². The number of halogens is 4. The van der Waals surface area contributed by atoms with Crippen LogP contribution in [0.25, 0.3) is 0 Å². The fourth-order valence-electron chi connectivity index (χ4n) is 2.61. The highest BCUT2D eigenvalue weighted by Crippen LogP contribution is 2.45. The van der Waals surface area contributed by atoms with Crippen LogP contribution in [0, 0.1) is 5.41 Å². The number of rotatable bonds is 4. The van der Waals surface area contributed by atoms with Crippen molar-refractivity contribution < 1.29 is 17.9 Å². The zero-order chi connectivity index (χ0) is 15.8. The molecule has 2 nitrogen and oxygen atoms in total. The van der Waals surface area contributed by atoms with Crippen LogP contribution in [-0.4, -0.2) is 18.8 Å². The summed E-state index contributed by atoms with van der Waals surface area (Å²) in [5, 5.41) is 3.31. The van der Waals surface area contributed by atoms with Crippen molar-refractivity contribution in [1.82, 2.24) is 0 Å². The molecule has 2 rings (SSSR count). The molecule has 2 unspecified atom stereocenters. The van der Waals surface area contributed by atoms with E-state index in [9.17, 15) is 13.2 Å². The summed E-state index contributed by atoms with van der Waals surface area (Å²) in [6.45, 7) is 6.84. The third-order valence-corrected chi connectivity index (χ3v) is 4.83. The van der Waals surface area contributed by atoms with E-state index in [-0.39, 0.29) is 17.6 Å². The first-order chi connectivity index (χ1) is 9.66. The van der Waals surface area contributed by atoms with Gasteiger partial charge < -0.3 is 10.1 Å². The Morgan fingerprint density at radius 3 is 2.52 bits per heavy atom. The number of alkyl halides is 3. The normalized spacial score (nSPS) is 24.5. The van der Waals surface area contributed by atoms with Crippen molar-refractivity contribution >= 4 is 21.6 Å². The van der Waals surface area contributed by atoms with Crippen molar-refractivity contribution in [3.05, 3.63) is 28.2 Å². The molecule has 0 aliphatic heterocycles. The summed E-state index contributed by atoms with van der Waals surface area (Å²) in [6, 6.07) is 3.85. The number of hydrogen-bond acceptors (Lipinski definition) is 2. The molecule has 1 N–H and O–H groups in total. The SMILES string of the molecule is CCOC1CC(Nc2ccc(C(F)(F)F)cc2Br)C1(C)C. The minimum absolute atomic E-state index is 0.0435. The first-order valence-corrected chi connectivity index (χ1v) is 7.70. The third-order valence-electron chi connectivity index (χ3n) is 4.17. The van der Waals surface area contributed by atoms with Crippen LogP contribution in [0.5, 0.6) is 0 Å². The second kappa shape index (κ2) is 5.80.